The normalized spacial score (nSPS) is 11.7. The molecule has 0 saturated heterocycles. The Labute approximate surface area is 184 Å². The van der Waals surface area contributed by atoms with E-state index in [0.29, 0.717) is 38.8 Å². The van der Waals surface area contributed by atoms with E-state index in [1.807, 2.05) is 30.3 Å². The zero-order valence-corrected chi connectivity index (χ0v) is 18.7. The number of carbonyl (C=O) groups excluding carboxylic acids is 3. The predicted octanol–water partition coefficient (Wildman–Crippen LogP) is 3.67. The number of benzene rings is 1. The summed E-state index contributed by atoms with van der Waals surface area (Å²) in [6.07, 6.45) is 2.88. The topological polar surface area (TPSA) is 106 Å². The lowest BCUT2D eigenvalue weighted by Gasteiger charge is -2.23. The SMILES string of the molecule is C=CCCNC(=O)C(CCCCNC(=O)OCc1ccccc1)NC(=O)OC(C)(C)C. The third kappa shape index (κ3) is 13.0. The summed E-state index contributed by atoms with van der Waals surface area (Å²) < 4.78 is 10.4. The Bertz CT molecular complexity index is 701. The molecule has 0 fully saturated rings. The van der Waals surface area contributed by atoms with Crippen molar-refractivity contribution in [1.82, 2.24) is 16.0 Å². The minimum atomic E-state index is -0.718. The Balaban J connectivity index is 2.37. The van der Waals surface area contributed by atoms with Gasteiger partial charge < -0.3 is 25.4 Å². The Morgan fingerprint density at radius 2 is 1.74 bits per heavy atom. The molecule has 172 valence electrons. The highest BCUT2D eigenvalue weighted by molar-refractivity contribution is 5.85. The average Bonchev–Trinajstić information content (AvgIpc) is 2.70. The van der Waals surface area contributed by atoms with E-state index in [4.69, 9.17) is 9.47 Å². The molecule has 1 aromatic rings. The van der Waals surface area contributed by atoms with Gasteiger partial charge >= 0.3 is 12.2 Å². The van der Waals surface area contributed by atoms with E-state index < -0.39 is 23.8 Å². The van der Waals surface area contributed by atoms with Crippen LogP contribution >= 0.6 is 0 Å². The summed E-state index contributed by atoms with van der Waals surface area (Å²) in [7, 11) is 0. The van der Waals surface area contributed by atoms with Gasteiger partial charge in [-0.25, -0.2) is 9.59 Å². The van der Waals surface area contributed by atoms with E-state index in [2.05, 4.69) is 22.5 Å². The van der Waals surface area contributed by atoms with Gasteiger partial charge in [-0.2, -0.15) is 0 Å². The molecule has 1 unspecified atom stereocenters. The lowest BCUT2D eigenvalue weighted by Crippen LogP contribution is -2.48. The van der Waals surface area contributed by atoms with E-state index in [0.717, 1.165) is 5.56 Å². The molecule has 0 saturated carbocycles. The molecule has 0 aliphatic heterocycles. The highest BCUT2D eigenvalue weighted by Crippen LogP contribution is 2.08. The van der Waals surface area contributed by atoms with Gasteiger partial charge in [-0.15, -0.1) is 6.58 Å². The van der Waals surface area contributed by atoms with Crippen LogP contribution in [0.2, 0.25) is 0 Å². The first kappa shape index (κ1) is 26.0. The van der Waals surface area contributed by atoms with Crippen LogP contribution in [0.5, 0.6) is 0 Å². The van der Waals surface area contributed by atoms with Gasteiger partial charge in [0.25, 0.3) is 0 Å². The maximum Gasteiger partial charge on any atom is 0.408 e. The number of ether oxygens (including phenoxy) is 2. The van der Waals surface area contributed by atoms with Gasteiger partial charge in [-0.1, -0.05) is 36.4 Å². The van der Waals surface area contributed by atoms with Crippen LogP contribution in [0, 0.1) is 0 Å². The summed E-state index contributed by atoms with van der Waals surface area (Å²) in [5.41, 5.74) is 0.258. The fraction of sp³-hybridized carbons (Fsp3) is 0.522. The Morgan fingerprint density at radius 1 is 1.03 bits per heavy atom. The highest BCUT2D eigenvalue weighted by atomic mass is 16.6. The first-order valence-electron chi connectivity index (χ1n) is 10.5. The molecule has 0 heterocycles. The number of carbonyl (C=O) groups is 3. The molecule has 3 amide bonds. The number of hydrogen-bond donors (Lipinski definition) is 3. The van der Waals surface area contributed by atoms with Crippen LogP contribution in [0.25, 0.3) is 0 Å². The molecule has 31 heavy (non-hydrogen) atoms. The summed E-state index contributed by atoms with van der Waals surface area (Å²) in [5, 5.41) is 8.09. The minimum absolute atomic E-state index is 0.208. The van der Waals surface area contributed by atoms with E-state index >= 15 is 0 Å². The second kappa shape index (κ2) is 14.1. The molecular weight excluding hydrogens is 398 g/mol. The molecular formula is C23H35N3O5. The molecule has 1 aromatic carbocycles. The van der Waals surface area contributed by atoms with Crippen LogP contribution < -0.4 is 16.0 Å². The molecule has 0 aromatic heterocycles. The number of alkyl carbamates (subject to hydrolysis) is 2. The molecule has 0 aliphatic rings. The van der Waals surface area contributed by atoms with E-state index in [1.54, 1.807) is 26.8 Å². The smallest absolute Gasteiger partial charge is 0.408 e. The fourth-order valence-electron chi connectivity index (χ4n) is 2.58. The number of hydrogen-bond acceptors (Lipinski definition) is 5. The van der Waals surface area contributed by atoms with Crippen molar-refractivity contribution in [3.8, 4) is 0 Å². The summed E-state index contributed by atoms with van der Waals surface area (Å²) in [5.74, 6) is -0.275. The van der Waals surface area contributed by atoms with Gasteiger partial charge in [-0.05, 0) is 52.0 Å². The second-order valence-electron chi connectivity index (χ2n) is 8.05. The molecule has 0 bridgehead atoms. The summed E-state index contributed by atoms with van der Waals surface area (Å²) in [6.45, 7) is 9.96. The standard InChI is InChI=1S/C23H35N3O5/c1-5-6-15-24-20(27)19(26-22(29)31-23(2,3)4)14-10-11-16-25-21(28)30-17-18-12-8-7-9-13-18/h5,7-9,12-13,19H,1,6,10-11,14-17H2,2-4H3,(H,24,27)(H,25,28)(H,26,29). The van der Waals surface area contributed by atoms with Crippen LogP contribution in [0.1, 0.15) is 52.0 Å². The monoisotopic (exact) mass is 433 g/mol. The maximum atomic E-state index is 12.4. The molecule has 0 spiro atoms. The van der Waals surface area contributed by atoms with Crippen LogP contribution in [-0.4, -0.2) is 42.8 Å². The molecule has 1 atom stereocenters. The molecule has 1 rings (SSSR count). The summed E-state index contributed by atoms with van der Waals surface area (Å²) in [4.78, 5) is 36.2. The van der Waals surface area contributed by atoms with Crippen molar-refractivity contribution in [2.45, 2.75) is 64.7 Å². The van der Waals surface area contributed by atoms with Gasteiger partial charge in [-0.3, -0.25) is 4.79 Å². The molecule has 0 radical (unpaired) electrons. The van der Waals surface area contributed by atoms with Crippen molar-refractivity contribution in [3.63, 3.8) is 0 Å². The van der Waals surface area contributed by atoms with Gasteiger partial charge in [0.15, 0.2) is 0 Å². The molecule has 3 N–H and O–H groups in total. The van der Waals surface area contributed by atoms with Crippen molar-refractivity contribution < 1.29 is 23.9 Å². The van der Waals surface area contributed by atoms with E-state index in [-0.39, 0.29) is 12.5 Å². The lowest BCUT2D eigenvalue weighted by molar-refractivity contribution is -0.123. The second-order valence-corrected chi connectivity index (χ2v) is 8.05. The molecule has 8 heteroatoms. The quantitative estimate of drug-likeness (QED) is 0.344. The third-order valence-corrected chi connectivity index (χ3v) is 4.06. The lowest BCUT2D eigenvalue weighted by atomic mass is 10.1. The van der Waals surface area contributed by atoms with Crippen LogP contribution in [0.3, 0.4) is 0 Å². The van der Waals surface area contributed by atoms with Crippen LogP contribution in [0.15, 0.2) is 43.0 Å². The van der Waals surface area contributed by atoms with Crippen molar-refractivity contribution in [1.29, 1.82) is 0 Å². The number of rotatable bonds is 12. The minimum Gasteiger partial charge on any atom is -0.445 e. The number of amides is 3. The summed E-state index contributed by atoms with van der Waals surface area (Å²) in [6, 6.07) is 8.70. The molecule has 8 nitrogen and oxygen atoms in total. The predicted molar refractivity (Wildman–Crippen MR) is 119 cm³/mol. The van der Waals surface area contributed by atoms with Gasteiger partial charge in [0.1, 0.15) is 18.2 Å². The number of nitrogens with one attached hydrogen (secondary N) is 3. The van der Waals surface area contributed by atoms with E-state index in [9.17, 15) is 14.4 Å². The number of unbranched alkanes of at least 4 members (excludes halogenated alkanes) is 1. The van der Waals surface area contributed by atoms with Gasteiger partial charge in [0.2, 0.25) is 5.91 Å². The zero-order chi connectivity index (χ0) is 23.1. The molecule has 0 aliphatic carbocycles. The first-order chi connectivity index (χ1) is 14.7. The van der Waals surface area contributed by atoms with Crippen molar-refractivity contribution >= 4 is 18.1 Å². The van der Waals surface area contributed by atoms with Crippen molar-refractivity contribution in [2.75, 3.05) is 13.1 Å². The van der Waals surface area contributed by atoms with Crippen LogP contribution in [-0.2, 0) is 20.9 Å². The van der Waals surface area contributed by atoms with E-state index in [1.165, 1.54) is 0 Å². The largest absolute Gasteiger partial charge is 0.445 e. The summed E-state index contributed by atoms with van der Waals surface area (Å²) >= 11 is 0. The Kier molecular flexibility index (Phi) is 11.8. The maximum absolute atomic E-state index is 12.4. The highest BCUT2D eigenvalue weighted by Gasteiger charge is 2.23. The van der Waals surface area contributed by atoms with Crippen molar-refractivity contribution in [3.05, 3.63) is 48.6 Å². The Hall–Kier alpha value is -3.03. The first-order valence-corrected chi connectivity index (χ1v) is 10.5. The third-order valence-electron chi connectivity index (χ3n) is 4.06. The van der Waals surface area contributed by atoms with Gasteiger partial charge in [0.05, 0.1) is 0 Å². The van der Waals surface area contributed by atoms with Crippen molar-refractivity contribution in [2.24, 2.45) is 0 Å². The zero-order valence-electron chi connectivity index (χ0n) is 18.7. The fourth-order valence-corrected chi connectivity index (χ4v) is 2.58. The Morgan fingerprint density at radius 3 is 2.39 bits per heavy atom. The van der Waals surface area contributed by atoms with Crippen LogP contribution in [0.4, 0.5) is 9.59 Å². The van der Waals surface area contributed by atoms with Gasteiger partial charge in [0, 0.05) is 13.1 Å². The average molecular weight is 434 g/mol.